The molecule has 5 aliphatic rings. The summed E-state index contributed by atoms with van der Waals surface area (Å²) >= 11 is 0. The fraction of sp³-hybridized carbons (Fsp3) is 1.00. The van der Waals surface area contributed by atoms with E-state index in [1.54, 1.807) is 0 Å². The first-order chi connectivity index (χ1) is 15.9. The molecule has 5 rings (SSSR count). The molecule has 32 heavy (non-hydrogen) atoms. The Bertz CT molecular complexity index is 439. The Morgan fingerprint density at radius 3 is 0.719 bits per heavy atom. The van der Waals surface area contributed by atoms with E-state index in [1.165, 1.54) is 154 Å². The Morgan fingerprint density at radius 2 is 0.469 bits per heavy atom. The number of rotatable bonds is 6. The molecule has 0 heterocycles. The second-order valence-electron chi connectivity index (χ2n) is 12.5. The zero-order valence-electron chi connectivity index (χ0n) is 21.3. The average molecular weight is 443 g/mol. The van der Waals surface area contributed by atoms with Gasteiger partial charge in [-0.3, -0.25) is 9.80 Å². The highest BCUT2D eigenvalue weighted by molar-refractivity contribution is 5.00. The molecule has 0 bridgehead atoms. The fourth-order valence-corrected chi connectivity index (χ4v) is 8.98. The Balaban J connectivity index is 1.42. The second-order valence-corrected chi connectivity index (χ2v) is 12.5. The van der Waals surface area contributed by atoms with Gasteiger partial charge in [-0.1, -0.05) is 89.9 Å². The molecule has 5 fully saturated rings. The monoisotopic (exact) mass is 442 g/mol. The zero-order valence-corrected chi connectivity index (χ0v) is 21.3. The van der Waals surface area contributed by atoms with Crippen molar-refractivity contribution >= 4 is 0 Å². The zero-order chi connectivity index (χ0) is 21.6. The van der Waals surface area contributed by atoms with Crippen LogP contribution in [-0.4, -0.2) is 46.1 Å². The first-order valence-corrected chi connectivity index (χ1v) is 15.5. The van der Waals surface area contributed by atoms with Crippen LogP contribution >= 0.6 is 0 Å². The molecule has 0 aliphatic heterocycles. The Morgan fingerprint density at radius 1 is 0.250 bits per heavy atom. The van der Waals surface area contributed by atoms with E-state index in [0.29, 0.717) is 0 Å². The molecular formula is C30H54N2. The number of hydrogen-bond donors (Lipinski definition) is 0. The summed E-state index contributed by atoms with van der Waals surface area (Å²) < 4.78 is 0. The predicted octanol–water partition coefficient (Wildman–Crippen LogP) is 8.23. The summed E-state index contributed by atoms with van der Waals surface area (Å²) in [6, 6.07) is 5.40. The van der Waals surface area contributed by atoms with Crippen LogP contribution in [0.25, 0.3) is 0 Å². The molecule has 2 heteroatoms. The molecule has 5 saturated carbocycles. The van der Waals surface area contributed by atoms with E-state index < -0.39 is 0 Å². The highest BCUT2D eigenvalue weighted by atomic mass is 15.3. The van der Waals surface area contributed by atoms with Gasteiger partial charge >= 0.3 is 0 Å². The molecule has 0 radical (unpaired) electrons. The van der Waals surface area contributed by atoms with E-state index >= 15 is 0 Å². The quantitative estimate of drug-likeness (QED) is 0.408. The van der Waals surface area contributed by atoms with Gasteiger partial charge in [0.1, 0.15) is 0 Å². The van der Waals surface area contributed by atoms with Gasteiger partial charge in [0.2, 0.25) is 0 Å². The van der Waals surface area contributed by atoms with Crippen LogP contribution in [0.2, 0.25) is 0 Å². The van der Waals surface area contributed by atoms with Crippen LogP contribution in [0, 0.1) is 0 Å². The smallest absolute Gasteiger partial charge is 0.0257 e. The summed E-state index contributed by atoms with van der Waals surface area (Å²) in [7, 11) is 0. The van der Waals surface area contributed by atoms with Crippen molar-refractivity contribution in [3.05, 3.63) is 0 Å². The first-order valence-electron chi connectivity index (χ1n) is 15.5. The molecule has 0 aromatic rings. The lowest BCUT2D eigenvalue weighted by Crippen LogP contribution is -2.63. The third kappa shape index (κ3) is 5.59. The molecule has 0 spiro atoms. The van der Waals surface area contributed by atoms with E-state index in [2.05, 4.69) is 9.80 Å². The summed E-state index contributed by atoms with van der Waals surface area (Å²) in [5.74, 6) is 0. The van der Waals surface area contributed by atoms with Crippen molar-refractivity contribution in [1.29, 1.82) is 0 Å². The van der Waals surface area contributed by atoms with Crippen LogP contribution < -0.4 is 0 Å². The summed E-state index contributed by atoms with van der Waals surface area (Å²) in [6.45, 7) is 0. The standard InChI is InChI=1S/C30H54N2/c1-5-15-25(16-6-1)31(26-17-7-2-8-18-26)29-23-13-14-24-30(29)32(27-19-9-3-10-20-27)28-21-11-4-12-22-28/h25-30H,1-24H2. The van der Waals surface area contributed by atoms with Gasteiger partial charge in [0.05, 0.1) is 0 Å². The van der Waals surface area contributed by atoms with Crippen LogP contribution in [0.1, 0.15) is 154 Å². The highest BCUT2D eigenvalue weighted by Gasteiger charge is 2.44. The Kier molecular flexibility index (Phi) is 8.91. The lowest BCUT2D eigenvalue weighted by atomic mass is 9.79. The maximum absolute atomic E-state index is 3.26. The molecule has 5 aliphatic carbocycles. The summed E-state index contributed by atoms with van der Waals surface area (Å²) in [5.41, 5.74) is 0. The minimum Gasteiger partial charge on any atom is -0.293 e. The van der Waals surface area contributed by atoms with E-state index in [1.807, 2.05) is 0 Å². The second kappa shape index (κ2) is 12.1. The molecule has 0 saturated heterocycles. The van der Waals surface area contributed by atoms with Gasteiger partial charge in [0.25, 0.3) is 0 Å². The molecule has 0 aromatic carbocycles. The molecule has 2 atom stereocenters. The van der Waals surface area contributed by atoms with Crippen molar-refractivity contribution in [3.63, 3.8) is 0 Å². The molecule has 0 N–H and O–H groups in total. The summed E-state index contributed by atoms with van der Waals surface area (Å²) in [5, 5.41) is 0. The van der Waals surface area contributed by atoms with Crippen LogP contribution in [-0.2, 0) is 0 Å². The van der Waals surface area contributed by atoms with Crippen molar-refractivity contribution in [2.45, 2.75) is 190 Å². The maximum atomic E-state index is 3.26. The molecule has 2 nitrogen and oxygen atoms in total. The Labute approximate surface area is 200 Å². The lowest BCUT2D eigenvalue weighted by molar-refractivity contribution is -0.0599. The maximum Gasteiger partial charge on any atom is 0.0257 e. The fourth-order valence-electron chi connectivity index (χ4n) is 8.98. The summed E-state index contributed by atoms with van der Waals surface area (Å²) in [6.07, 6.45) is 36.1. The molecule has 2 unspecified atom stereocenters. The highest BCUT2D eigenvalue weighted by Crippen LogP contribution is 2.41. The van der Waals surface area contributed by atoms with Gasteiger partial charge in [-0.25, -0.2) is 0 Å². The van der Waals surface area contributed by atoms with Crippen molar-refractivity contribution in [1.82, 2.24) is 9.80 Å². The van der Waals surface area contributed by atoms with Crippen molar-refractivity contribution < 1.29 is 0 Å². The Hall–Kier alpha value is -0.0800. The van der Waals surface area contributed by atoms with Gasteiger partial charge < -0.3 is 0 Å². The minimum atomic E-state index is 0.874. The molecule has 0 aromatic heterocycles. The topological polar surface area (TPSA) is 6.48 Å². The molecule has 0 amide bonds. The van der Waals surface area contributed by atoms with E-state index in [-0.39, 0.29) is 0 Å². The molecular weight excluding hydrogens is 388 g/mol. The summed E-state index contributed by atoms with van der Waals surface area (Å²) in [4.78, 5) is 6.53. The molecule has 184 valence electrons. The van der Waals surface area contributed by atoms with E-state index in [4.69, 9.17) is 0 Å². The van der Waals surface area contributed by atoms with Crippen LogP contribution in [0.4, 0.5) is 0 Å². The van der Waals surface area contributed by atoms with Gasteiger partial charge in [0, 0.05) is 36.3 Å². The van der Waals surface area contributed by atoms with E-state index in [9.17, 15) is 0 Å². The van der Waals surface area contributed by atoms with Gasteiger partial charge in [-0.05, 0) is 64.2 Å². The third-order valence-corrected chi connectivity index (χ3v) is 10.4. The SMILES string of the molecule is C1CCC(N(C2CCCCC2)C2CCCCC2N(C2CCCCC2)C2CCCCC2)CC1. The van der Waals surface area contributed by atoms with Crippen molar-refractivity contribution in [3.8, 4) is 0 Å². The van der Waals surface area contributed by atoms with Crippen molar-refractivity contribution in [2.24, 2.45) is 0 Å². The number of hydrogen-bond acceptors (Lipinski definition) is 2. The van der Waals surface area contributed by atoms with Crippen LogP contribution in [0.3, 0.4) is 0 Å². The normalized spacial score (nSPS) is 33.2. The minimum absolute atomic E-state index is 0.874. The predicted molar refractivity (Wildman–Crippen MR) is 137 cm³/mol. The van der Waals surface area contributed by atoms with Gasteiger partial charge in [-0.2, -0.15) is 0 Å². The van der Waals surface area contributed by atoms with E-state index in [0.717, 1.165) is 36.3 Å². The van der Waals surface area contributed by atoms with Crippen LogP contribution in [0.15, 0.2) is 0 Å². The van der Waals surface area contributed by atoms with Crippen molar-refractivity contribution in [2.75, 3.05) is 0 Å². The lowest BCUT2D eigenvalue weighted by Gasteiger charge is -2.56. The first kappa shape index (κ1) is 23.7. The average Bonchev–Trinajstić information content (AvgIpc) is 2.88. The van der Waals surface area contributed by atoms with Gasteiger partial charge in [0.15, 0.2) is 0 Å². The third-order valence-electron chi connectivity index (χ3n) is 10.4. The van der Waals surface area contributed by atoms with Gasteiger partial charge in [-0.15, -0.1) is 0 Å². The van der Waals surface area contributed by atoms with Crippen LogP contribution in [0.5, 0.6) is 0 Å². The largest absolute Gasteiger partial charge is 0.293 e. The number of nitrogens with zero attached hydrogens (tertiary/aromatic N) is 2.